The van der Waals surface area contributed by atoms with Crippen molar-refractivity contribution < 1.29 is 4.79 Å². The predicted molar refractivity (Wildman–Crippen MR) is 96.8 cm³/mol. The Morgan fingerprint density at radius 1 is 0.950 bits per heavy atom. The van der Waals surface area contributed by atoms with Crippen molar-refractivity contribution in [1.82, 2.24) is 0 Å². The molecular formula is C15H10Br4O. The van der Waals surface area contributed by atoms with Gasteiger partial charge in [0.1, 0.15) is 6.29 Å². The second-order valence-electron chi connectivity index (χ2n) is 4.27. The summed E-state index contributed by atoms with van der Waals surface area (Å²) in [6.45, 7) is 0. The predicted octanol–water partition coefficient (Wildman–Crippen LogP) is 5.81. The molecule has 0 bridgehead atoms. The molecule has 104 valence electrons. The highest BCUT2D eigenvalue weighted by atomic mass is 79.9. The van der Waals surface area contributed by atoms with Gasteiger partial charge in [-0.2, -0.15) is 0 Å². The number of carbonyl (C=O) groups excluding carboxylic acids is 1. The molecule has 2 atom stereocenters. The van der Waals surface area contributed by atoms with Crippen LogP contribution in [0.15, 0.2) is 57.5 Å². The van der Waals surface area contributed by atoms with Crippen molar-refractivity contribution in [3.8, 4) is 0 Å². The van der Waals surface area contributed by atoms with E-state index < -0.39 is 4.32 Å². The summed E-state index contributed by atoms with van der Waals surface area (Å²) >= 11 is 14.2. The molecular weight excluding hydrogens is 516 g/mol. The minimum Gasteiger partial charge on any atom is -0.302 e. The van der Waals surface area contributed by atoms with E-state index in [1.807, 2.05) is 48.5 Å². The highest BCUT2D eigenvalue weighted by Gasteiger charge is 2.38. The zero-order valence-corrected chi connectivity index (χ0v) is 16.5. The third-order valence-corrected chi connectivity index (χ3v) is 6.96. The molecule has 0 heterocycles. The van der Waals surface area contributed by atoms with E-state index in [0.717, 1.165) is 26.4 Å². The van der Waals surface area contributed by atoms with Crippen molar-refractivity contribution in [2.75, 3.05) is 0 Å². The first-order valence-corrected chi connectivity index (χ1v) is 9.08. The second kappa shape index (κ2) is 6.86. The Labute approximate surface area is 151 Å². The Kier molecular flexibility index (Phi) is 5.63. The number of carbonyl (C=O) groups is 1. The molecule has 2 aromatic carbocycles. The molecule has 0 saturated carbocycles. The number of hydrogen-bond donors (Lipinski definition) is 0. The van der Waals surface area contributed by atoms with E-state index in [-0.39, 0.29) is 4.83 Å². The Bertz CT molecular complexity index is 612. The quantitative estimate of drug-likeness (QED) is 0.364. The molecule has 0 saturated heterocycles. The molecule has 2 rings (SSSR count). The van der Waals surface area contributed by atoms with Gasteiger partial charge in [0, 0.05) is 8.95 Å². The summed E-state index contributed by atoms with van der Waals surface area (Å²) in [7, 11) is 0. The normalized spacial score (nSPS) is 15.4. The lowest BCUT2D eigenvalue weighted by Crippen LogP contribution is -2.32. The maximum atomic E-state index is 11.4. The molecule has 0 aliphatic rings. The molecule has 0 radical (unpaired) electrons. The van der Waals surface area contributed by atoms with E-state index in [2.05, 4.69) is 63.7 Å². The van der Waals surface area contributed by atoms with Gasteiger partial charge in [-0.3, -0.25) is 0 Å². The smallest absolute Gasteiger partial charge is 0.135 e. The minimum atomic E-state index is -0.612. The van der Waals surface area contributed by atoms with Crippen molar-refractivity contribution in [3.63, 3.8) is 0 Å². The summed E-state index contributed by atoms with van der Waals surface area (Å²) in [5.74, 6) is 0. The lowest BCUT2D eigenvalue weighted by molar-refractivity contribution is -0.107. The van der Waals surface area contributed by atoms with E-state index >= 15 is 0 Å². The highest BCUT2D eigenvalue weighted by Crippen LogP contribution is 2.45. The van der Waals surface area contributed by atoms with Crippen LogP contribution in [0, 0.1) is 0 Å². The standard InChI is InChI=1S/C15H10Br4O/c16-12-6-4-10(5-7-12)15(19,14(18)9-20)11-2-1-3-13(17)8-11/h1-9,14H. The molecule has 0 amide bonds. The molecule has 0 aromatic heterocycles. The molecule has 0 spiro atoms. The third kappa shape index (κ3) is 3.26. The summed E-state index contributed by atoms with van der Waals surface area (Å²) in [5.41, 5.74) is 2.01. The average molecular weight is 526 g/mol. The summed E-state index contributed by atoms with van der Waals surface area (Å²) < 4.78 is 1.36. The van der Waals surface area contributed by atoms with Crippen molar-refractivity contribution in [2.45, 2.75) is 9.15 Å². The Morgan fingerprint density at radius 2 is 1.60 bits per heavy atom. The van der Waals surface area contributed by atoms with Crippen LogP contribution in [0.2, 0.25) is 0 Å². The fraction of sp³-hybridized carbons (Fsp3) is 0.133. The van der Waals surface area contributed by atoms with Gasteiger partial charge in [-0.25, -0.2) is 0 Å². The first-order valence-electron chi connectivity index (χ1n) is 5.79. The van der Waals surface area contributed by atoms with Gasteiger partial charge >= 0.3 is 0 Å². The second-order valence-corrected chi connectivity index (χ2v) is 8.34. The molecule has 1 nitrogen and oxygen atoms in total. The number of benzene rings is 2. The summed E-state index contributed by atoms with van der Waals surface area (Å²) in [6.07, 6.45) is 0.900. The van der Waals surface area contributed by atoms with Crippen LogP contribution in [0.4, 0.5) is 0 Å². The van der Waals surface area contributed by atoms with Crippen molar-refractivity contribution in [2.24, 2.45) is 0 Å². The Hall–Kier alpha value is 0.0300. The minimum absolute atomic E-state index is 0.384. The fourth-order valence-corrected chi connectivity index (χ4v) is 3.80. The largest absolute Gasteiger partial charge is 0.302 e. The van der Waals surface area contributed by atoms with Gasteiger partial charge in [0.15, 0.2) is 0 Å². The highest BCUT2D eigenvalue weighted by molar-refractivity contribution is 9.12. The van der Waals surface area contributed by atoms with E-state index in [1.165, 1.54) is 0 Å². The number of halogens is 4. The van der Waals surface area contributed by atoms with Crippen LogP contribution in [0.3, 0.4) is 0 Å². The van der Waals surface area contributed by atoms with E-state index in [1.54, 1.807) is 0 Å². The fourth-order valence-electron chi connectivity index (χ4n) is 1.99. The van der Waals surface area contributed by atoms with Gasteiger partial charge in [-0.1, -0.05) is 88.0 Å². The number of aldehydes is 1. The summed E-state index contributed by atoms with van der Waals surface area (Å²) in [4.78, 5) is 11.0. The molecule has 2 unspecified atom stereocenters. The average Bonchev–Trinajstić information content (AvgIpc) is 2.46. The SMILES string of the molecule is O=CC(Br)C(Br)(c1ccc(Br)cc1)c1cccc(Br)c1. The van der Waals surface area contributed by atoms with Gasteiger partial charge in [-0.15, -0.1) is 0 Å². The van der Waals surface area contributed by atoms with Crippen molar-refractivity contribution in [1.29, 1.82) is 0 Å². The summed E-state index contributed by atoms with van der Waals surface area (Å²) in [6, 6.07) is 15.9. The summed E-state index contributed by atoms with van der Waals surface area (Å²) in [5, 5.41) is 0. The first kappa shape index (κ1) is 16.4. The van der Waals surface area contributed by atoms with E-state index in [9.17, 15) is 4.79 Å². The lowest BCUT2D eigenvalue weighted by atomic mass is 9.88. The van der Waals surface area contributed by atoms with Crippen LogP contribution in [0.25, 0.3) is 0 Å². The van der Waals surface area contributed by atoms with Crippen molar-refractivity contribution in [3.05, 3.63) is 68.6 Å². The van der Waals surface area contributed by atoms with Gasteiger partial charge < -0.3 is 4.79 Å². The topological polar surface area (TPSA) is 17.1 Å². The van der Waals surface area contributed by atoms with Gasteiger partial charge in [-0.05, 0) is 35.4 Å². The van der Waals surface area contributed by atoms with Gasteiger partial charge in [0.05, 0.1) is 9.15 Å². The zero-order valence-electron chi connectivity index (χ0n) is 10.2. The van der Waals surface area contributed by atoms with E-state index in [4.69, 9.17) is 0 Å². The molecule has 0 N–H and O–H groups in total. The number of rotatable bonds is 4. The maximum Gasteiger partial charge on any atom is 0.135 e. The van der Waals surface area contributed by atoms with Crippen LogP contribution < -0.4 is 0 Å². The monoisotopic (exact) mass is 522 g/mol. The van der Waals surface area contributed by atoms with E-state index in [0.29, 0.717) is 0 Å². The lowest BCUT2D eigenvalue weighted by Gasteiger charge is -2.31. The first-order chi connectivity index (χ1) is 9.48. The third-order valence-electron chi connectivity index (χ3n) is 3.01. The zero-order chi connectivity index (χ0) is 14.8. The molecule has 0 aliphatic heterocycles. The van der Waals surface area contributed by atoms with Crippen LogP contribution in [0.5, 0.6) is 0 Å². The van der Waals surface area contributed by atoms with Gasteiger partial charge in [0.25, 0.3) is 0 Å². The molecule has 0 fully saturated rings. The van der Waals surface area contributed by atoms with Gasteiger partial charge in [0.2, 0.25) is 0 Å². The molecule has 20 heavy (non-hydrogen) atoms. The van der Waals surface area contributed by atoms with Crippen molar-refractivity contribution >= 4 is 70.0 Å². The Balaban J connectivity index is 2.62. The van der Waals surface area contributed by atoms with Crippen LogP contribution in [-0.2, 0) is 9.12 Å². The molecule has 5 heteroatoms. The maximum absolute atomic E-state index is 11.4. The molecule has 2 aromatic rings. The number of alkyl halides is 2. The number of hydrogen-bond acceptors (Lipinski definition) is 1. The van der Waals surface area contributed by atoms with Crippen LogP contribution in [0.1, 0.15) is 11.1 Å². The van der Waals surface area contributed by atoms with Crippen LogP contribution >= 0.6 is 63.7 Å². The molecule has 0 aliphatic carbocycles. The van der Waals surface area contributed by atoms with Crippen LogP contribution in [-0.4, -0.2) is 11.1 Å². The Morgan fingerprint density at radius 3 is 2.15 bits per heavy atom.